The van der Waals surface area contributed by atoms with Gasteiger partial charge < -0.3 is 9.52 Å². The number of aliphatic hydroxyl groups is 1. The largest absolute Gasteiger partial charge is 0.458 e. The molecule has 1 saturated carbocycles. The van der Waals surface area contributed by atoms with Crippen LogP contribution in [-0.4, -0.2) is 5.11 Å². The van der Waals surface area contributed by atoms with E-state index in [9.17, 15) is 5.11 Å². The van der Waals surface area contributed by atoms with Gasteiger partial charge in [-0.2, -0.15) is 0 Å². The van der Waals surface area contributed by atoms with E-state index in [0.29, 0.717) is 10.8 Å². The van der Waals surface area contributed by atoms with Crippen LogP contribution in [-0.2, 0) is 5.60 Å². The van der Waals surface area contributed by atoms with Gasteiger partial charge in [0.25, 0.3) is 0 Å². The second kappa shape index (κ2) is 4.60. The van der Waals surface area contributed by atoms with Crippen molar-refractivity contribution in [1.82, 2.24) is 0 Å². The highest BCUT2D eigenvalue weighted by atomic mass is 35.5. The van der Waals surface area contributed by atoms with Gasteiger partial charge in [0.1, 0.15) is 16.9 Å². The van der Waals surface area contributed by atoms with E-state index in [-0.39, 0.29) is 0 Å². The lowest BCUT2D eigenvalue weighted by atomic mass is 9.91. The van der Waals surface area contributed by atoms with Gasteiger partial charge in [-0.3, -0.25) is 0 Å². The van der Waals surface area contributed by atoms with Gasteiger partial charge >= 0.3 is 0 Å². The van der Waals surface area contributed by atoms with Gasteiger partial charge in [-0.05, 0) is 37.1 Å². The molecule has 2 nitrogen and oxygen atoms in total. The summed E-state index contributed by atoms with van der Waals surface area (Å²) in [5.74, 6) is 0.696. The molecule has 1 aromatic heterocycles. The zero-order valence-electron chi connectivity index (χ0n) is 10.3. The van der Waals surface area contributed by atoms with Crippen molar-refractivity contribution in [1.29, 1.82) is 0 Å². The van der Waals surface area contributed by atoms with Crippen LogP contribution in [0.15, 0.2) is 28.7 Å². The Hall–Kier alpha value is -0.990. The average molecular weight is 265 g/mol. The summed E-state index contributed by atoms with van der Waals surface area (Å²) in [5, 5.41) is 12.4. The van der Waals surface area contributed by atoms with Gasteiger partial charge in [0.15, 0.2) is 0 Å². The van der Waals surface area contributed by atoms with Crippen LogP contribution >= 0.6 is 11.6 Å². The lowest BCUT2D eigenvalue weighted by Gasteiger charge is -2.23. The van der Waals surface area contributed by atoms with Gasteiger partial charge in [0.2, 0.25) is 0 Å². The van der Waals surface area contributed by atoms with E-state index < -0.39 is 5.60 Å². The molecule has 0 radical (unpaired) electrons. The number of fused-ring (bicyclic) bond motifs is 1. The predicted molar refractivity (Wildman–Crippen MR) is 72.8 cm³/mol. The van der Waals surface area contributed by atoms with Crippen LogP contribution in [0, 0.1) is 0 Å². The molecule has 1 aliphatic carbocycles. The molecule has 1 fully saturated rings. The SMILES string of the molecule is OC1(c2cc3cc(Cl)ccc3o2)CCCCCC1. The first-order chi connectivity index (χ1) is 8.67. The smallest absolute Gasteiger partial charge is 0.136 e. The molecular weight excluding hydrogens is 248 g/mol. The maximum atomic E-state index is 10.8. The Morgan fingerprint density at radius 2 is 1.78 bits per heavy atom. The average Bonchev–Trinajstić information content (AvgIpc) is 2.65. The first-order valence-corrected chi connectivity index (χ1v) is 6.97. The molecule has 0 amide bonds. The Morgan fingerprint density at radius 1 is 1.06 bits per heavy atom. The van der Waals surface area contributed by atoms with E-state index in [0.717, 1.165) is 36.7 Å². The highest BCUT2D eigenvalue weighted by molar-refractivity contribution is 6.31. The Morgan fingerprint density at radius 3 is 2.50 bits per heavy atom. The second-order valence-corrected chi connectivity index (χ2v) is 5.68. The number of furan rings is 1. The molecule has 0 aliphatic heterocycles. The molecule has 0 saturated heterocycles. The summed E-state index contributed by atoms with van der Waals surface area (Å²) in [6.45, 7) is 0. The Bertz CT molecular complexity index is 551. The minimum Gasteiger partial charge on any atom is -0.458 e. The van der Waals surface area contributed by atoms with E-state index >= 15 is 0 Å². The number of hydrogen-bond acceptors (Lipinski definition) is 2. The highest BCUT2D eigenvalue weighted by Crippen LogP contribution is 2.38. The van der Waals surface area contributed by atoms with E-state index in [1.807, 2.05) is 24.3 Å². The molecule has 0 unspecified atom stereocenters. The van der Waals surface area contributed by atoms with E-state index in [4.69, 9.17) is 16.0 Å². The van der Waals surface area contributed by atoms with Gasteiger partial charge in [-0.15, -0.1) is 0 Å². The van der Waals surface area contributed by atoms with E-state index in [2.05, 4.69) is 0 Å². The van der Waals surface area contributed by atoms with Crippen molar-refractivity contribution in [3.8, 4) is 0 Å². The summed E-state index contributed by atoms with van der Waals surface area (Å²) in [4.78, 5) is 0. The fourth-order valence-corrected chi connectivity index (χ4v) is 2.98. The van der Waals surface area contributed by atoms with Crippen LogP contribution in [0.5, 0.6) is 0 Å². The van der Waals surface area contributed by atoms with Crippen molar-refractivity contribution in [2.45, 2.75) is 44.1 Å². The molecular formula is C15H17ClO2. The Kier molecular flexibility index (Phi) is 3.08. The van der Waals surface area contributed by atoms with Crippen LogP contribution in [0.1, 0.15) is 44.3 Å². The van der Waals surface area contributed by atoms with E-state index in [1.165, 1.54) is 12.8 Å². The molecule has 1 heterocycles. The lowest BCUT2D eigenvalue weighted by Crippen LogP contribution is -2.23. The second-order valence-electron chi connectivity index (χ2n) is 5.24. The van der Waals surface area contributed by atoms with Crippen LogP contribution < -0.4 is 0 Å². The molecule has 0 bridgehead atoms. The molecule has 96 valence electrons. The molecule has 1 aromatic carbocycles. The number of hydrogen-bond donors (Lipinski definition) is 1. The molecule has 0 atom stereocenters. The minimum absolute atomic E-state index is 0.696. The Balaban J connectivity index is 2.02. The molecule has 18 heavy (non-hydrogen) atoms. The number of benzene rings is 1. The number of halogens is 1. The van der Waals surface area contributed by atoms with Crippen LogP contribution in [0.3, 0.4) is 0 Å². The first kappa shape index (κ1) is 12.1. The summed E-state index contributed by atoms with van der Waals surface area (Å²) in [7, 11) is 0. The summed E-state index contributed by atoms with van der Waals surface area (Å²) >= 11 is 5.97. The van der Waals surface area contributed by atoms with E-state index in [1.54, 1.807) is 0 Å². The summed E-state index contributed by atoms with van der Waals surface area (Å²) in [5.41, 5.74) is 0.00853. The third kappa shape index (κ3) is 2.15. The topological polar surface area (TPSA) is 33.4 Å². The summed E-state index contributed by atoms with van der Waals surface area (Å²) < 4.78 is 5.81. The lowest BCUT2D eigenvalue weighted by molar-refractivity contribution is 0.00116. The quantitative estimate of drug-likeness (QED) is 0.762. The van der Waals surface area contributed by atoms with Crippen molar-refractivity contribution < 1.29 is 9.52 Å². The van der Waals surface area contributed by atoms with Crippen molar-refractivity contribution in [2.24, 2.45) is 0 Å². The standard InChI is InChI=1S/C15H17ClO2/c16-12-5-6-13-11(9-12)10-14(18-13)15(17)7-3-1-2-4-8-15/h5-6,9-10,17H,1-4,7-8H2. The molecule has 0 spiro atoms. The molecule has 3 rings (SSSR count). The number of rotatable bonds is 1. The predicted octanol–water partition coefficient (Wildman–Crippen LogP) is 4.63. The molecule has 3 heteroatoms. The molecule has 1 aliphatic rings. The summed E-state index contributed by atoms with van der Waals surface area (Å²) in [6, 6.07) is 7.49. The van der Waals surface area contributed by atoms with Crippen LogP contribution in [0.2, 0.25) is 5.02 Å². The van der Waals surface area contributed by atoms with Gasteiger partial charge in [0, 0.05) is 10.4 Å². The molecule has 1 N–H and O–H groups in total. The maximum Gasteiger partial charge on any atom is 0.136 e. The zero-order valence-corrected chi connectivity index (χ0v) is 11.0. The summed E-state index contributed by atoms with van der Waals surface area (Å²) in [6.07, 6.45) is 6.12. The van der Waals surface area contributed by atoms with Crippen molar-refractivity contribution in [3.05, 3.63) is 35.0 Å². The van der Waals surface area contributed by atoms with Crippen molar-refractivity contribution in [3.63, 3.8) is 0 Å². The third-order valence-corrected chi connectivity index (χ3v) is 4.10. The van der Waals surface area contributed by atoms with Gasteiger partial charge in [-0.1, -0.05) is 37.3 Å². The van der Waals surface area contributed by atoms with Gasteiger partial charge in [0.05, 0.1) is 0 Å². The maximum absolute atomic E-state index is 10.8. The van der Waals surface area contributed by atoms with Gasteiger partial charge in [-0.25, -0.2) is 0 Å². The zero-order chi connectivity index (χ0) is 12.6. The van der Waals surface area contributed by atoms with Crippen molar-refractivity contribution >= 4 is 22.6 Å². The first-order valence-electron chi connectivity index (χ1n) is 6.59. The van der Waals surface area contributed by atoms with Crippen molar-refractivity contribution in [2.75, 3.05) is 0 Å². The monoisotopic (exact) mass is 264 g/mol. The normalized spacial score (nSPS) is 19.9. The Labute approximate surface area is 112 Å². The van der Waals surface area contributed by atoms with Crippen LogP contribution in [0.25, 0.3) is 11.0 Å². The van der Waals surface area contributed by atoms with Crippen LogP contribution in [0.4, 0.5) is 0 Å². The fraction of sp³-hybridized carbons (Fsp3) is 0.467. The molecule has 2 aromatic rings. The highest BCUT2D eigenvalue weighted by Gasteiger charge is 2.33. The third-order valence-electron chi connectivity index (χ3n) is 3.87. The minimum atomic E-state index is -0.790. The fourth-order valence-electron chi connectivity index (χ4n) is 2.80.